The minimum Gasteiger partial charge on any atom is -0.354 e. The third kappa shape index (κ3) is 4.46. The fourth-order valence-corrected chi connectivity index (χ4v) is 2.53. The molecule has 9 heteroatoms. The van der Waals surface area contributed by atoms with Crippen molar-refractivity contribution >= 4 is 29.1 Å². The zero-order valence-electron chi connectivity index (χ0n) is 15.7. The van der Waals surface area contributed by atoms with Crippen molar-refractivity contribution in [3.8, 4) is 0 Å². The lowest BCUT2D eigenvalue weighted by molar-refractivity contribution is 0.0943. The number of H-pyrrole nitrogens is 1. The van der Waals surface area contributed by atoms with Crippen LogP contribution in [0.25, 0.3) is 0 Å². The molecule has 3 rings (SSSR count). The average Bonchev–Trinajstić information content (AvgIpc) is 3.21. The van der Waals surface area contributed by atoms with E-state index in [1.54, 1.807) is 31.2 Å². The molecule has 0 aliphatic carbocycles. The molecule has 0 saturated carbocycles. The Hall–Kier alpha value is -4.01. The van der Waals surface area contributed by atoms with Crippen LogP contribution < -0.4 is 16.0 Å². The molecule has 148 valence electrons. The SMILES string of the molecule is CNC(=O)c1nc[nH]c1C(=O)Nc1ccc(NC(=O)c2ccc(C)c(F)c2)cc1. The van der Waals surface area contributed by atoms with Crippen molar-refractivity contribution in [3.63, 3.8) is 0 Å². The lowest BCUT2D eigenvalue weighted by Crippen LogP contribution is -2.23. The number of imidazole rings is 1. The van der Waals surface area contributed by atoms with Crippen molar-refractivity contribution in [2.75, 3.05) is 17.7 Å². The number of hydrogen-bond donors (Lipinski definition) is 4. The fourth-order valence-electron chi connectivity index (χ4n) is 2.53. The van der Waals surface area contributed by atoms with Gasteiger partial charge in [0.25, 0.3) is 17.7 Å². The van der Waals surface area contributed by atoms with Crippen molar-refractivity contribution in [3.05, 3.63) is 77.1 Å². The van der Waals surface area contributed by atoms with E-state index in [4.69, 9.17) is 0 Å². The van der Waals surface area contributed by atoms with E-state index >= 15 is 0 Å². The molecule has 0 spiro atoms. The Morgan fingerprint density at radius 3 is 2.14 bits per heavy atom. The van der Waals surface area contributed by atoms with E-state index in [1.165, 1.54) is 31.6 Å². The second-order valence-electron chi connectivity index (χ2n) is 6.15. The molecule has 0 aliphatic heterocycles. The first kappa shape index (κ1) is 19.7. The highest BCUT2D eigenvalue weighted by atomic mass is 19.1. The number of aryl methyl sites for hydroxylation is 1. The van der Waals surface area contributed by atoms with Crippen LogP contribution >= 0.6 is 0 Å². The van der Waals surface area contributed by atoms with E-state index in [0.717, 1.165) is 0 Å². The monoisotopic (exact) mass is 395 g/mol. The van der Waals surface area contributed by atoms with E-state index in [2.05, 4.69) is 25.9 Å². The van der Waals surface area contributed by atoms with Gasteiger partial charge >= 0.3 is 0 Å². The molecular formula is C20H18FN5O3. The molecule has 0 atom stereocenters. The van der Waals surface area contributed by atoms with Gasteiger partial charge in [0.15, 0.2) is 5.69 Å². The first-order chi connectivity index (χ1) is 13.9. The summed E-state index contributed by atoms with van der Waals surface area (Å²) in [4.78, 5) is 42.8. The molecule has 0 saturated heterocycles. The topological polar surface area (TPSA) is 116 Å². The highest BCUT2D eigenvalue weighted by Crippen LogP contribution is 2.17. The van der Waals surface area contributed by atoms with Crippen LogP contribution in [0.3, 0.4) is 0 Å². The van der Waals surface area contributed by atoms with Crippen LogP contribution in [0.2, 0.25) is 0 Å². The molecule has 1 aromatic heterocycles. The van der Waals surface area contributed by atoms with Crippen molar-refractivity contribution < 1.29 is 18.8 Å². The average molecular weight is 395 g/mol. The number of carbonyl (C=O) groups is 3. The predicted octanol–water partition coefficient (Wildman–Crippen LogP) is 2.72. The maximum Gasteiger partial charge on any atom is 0.274 e. The molecule has 0 unspecified atom stereocenters. The quantitative estimate of drug-likeness (QED) is 0.531. The standard InChI is InChI=1S/C20H18FN5O3/c1-11-3-4-12(9-15(11)21)18(27)25-13-5-7-14(8-6-13)26-20(29)17-16(19(28)22-2)23-10-24-17/h3-10H,1-2H3,(H,22,28)(H,23,24)(H,25,27)(H,26,29). The largest absolute Gasteiger partial charge is 0.354 e. The van der Waals surface area contributed by atoms with Gasteiger partial charge in [-0.3, -0.25) is 14.4 Å². The molecule has 8 nitrogen and oxygen atoms in total. The third-order valence-electron chi connectivity index (χ3n) is 4.14. The summed E-state index contributed by atoms with van der Waals surface area (Å²) in [5.74, 6) is -1.92. The van der Waals surface area contributed by atoms with Crippen LogP contribution in [0.1, 0.15) is 36.9 Å². The first-order valence-electron chi connectivity index (χ1n) is 8.63. The van der Waals surface area contributed by atoms with E-state index in [9.17, 15) is 18.8 Å². The molecule has 3 amide bonds. The Morgan fingerprint density at radius 2 is 1.55 bits per heavy atom. The lowest BCUT2D eigenvalue weighted by atomic mass is 10.1. The van der Waals surface area contributed by atoms with E-state index in [1.807, 2.05) is 0 Å². The number of amides is 3. The third-order valence-corrected chi connectivity index (χ3v) is 4.14. The summed E-state index contributed by atoms with van der Waals surface area (Å²) in [5, 5.41) is 7.70. The summed E-state index contributed by atoms with van der Waals surface area (Å²) in [5.41, 5.74) is 1.60. The van der Waals surface area contributed by atoms with Gasteiger partial charge in [-0.15, -0.1) is 0 Å². The summed E-state index contributed by atoms with van der Waals surface area (Å²) in [7, 11) is 1.44. The van der Waals surface area contributed by atoms with Crippen LogP contribution in [0.4, 0.5) is 15.8 Å². The van der Waals surface area contributed by atoms with Gasteiger partial charge in [0.2, 0.25) is 0 Å². The molecular weight excluding hydrogens is 377 g/mol. The summed E-state index contributed by atoms with van der Waals surface area (Å²) >= 11 is 0. The number of aromatic amines is 1. The minimum atomic E-state index is -0.534. The number of rotatable bonds is 5. The maximum atomic E-state index is 13.6. The van der Waals surface area contributed by atoms with Crippen molar-refractivity contribution in [1.82, 2.24) is 15.3 Å². The van der Waals surface area contributed by atoms with Gasteiger partial charge in [-0.1, -0.05) is 6.07 Å². The minimum absolute atomic E-state index is 0.0146. The number of nitrogens with zero attached hydrogens (tertiary/aromatic N) is 1. The Balaban J connectivity index is 1.66. The van der Waals surface area contributed by atoms with E-state index in [0.29, 0.717) is 16.9 Å². The second kappa shape index (κ2) is 8.34. The van der Waals surface area contributed by atoms with E-state index < -0.39 is 23.5 Å². The zero-order valence-corrected chi connectivity index (χ0v) is 15.7. The maximum absolute atomic E-state index is 13.6. The summed E-state index contributed by atoms with van der Waals surface area (Å²) in [6, 6.07) is 10.6. The summed E-state index contributed by atoms with van der Waals surface area (Å²) in [6.45, 7) is 1.62. The number of carbonyl (C=O) groups excluding carboxylic acids is 3. The van der Waals surface area contributed by atoms with Gasteiger partial charge in [0, 0.05) is 24.0 Å². The smallest absolute Gasteiger partial charge is 0.274 e. The molecule has 0 radical (unpaired) electrons. The molecule has 3 aromatic rings. The number of aromatic nitrogens is 2. The number of hydrogen-bond acceptors (Lipinski definition) is 4. The Bertz CT molecular complexity index is 1080. The Kier molecular flexibility index (Phi) is 5.68. The Labute approximate surface area is 165 Å². The van der Waals surface area contributed by atoms with Gasteiger partial charge in [-0.25, -0.2) is 9.37 Å². The second-order valence-corrected chi connectivity index (χ2v) is 6.15. The molecule has 2 aromatic carbocycles. The fraction of sp³-hybridized carbons (Fsp3) is 0.100. The molecule has 0 fully saturated rings. The zero-order chi connectivity index (χ0) is 21.0. The Morgan fingerprint density at radius 1 is 0.931 bits per heavy atom. The van der Waals surface area contributed by atoms with Gasteiger partial charge < -0.3 is 20.9 Å². The van der Waals surface area contributed by atoms with Crippen LogP contribution in [0.15, 0.2) is 48.8 Å². The van der Waals surface area contributed by atoms with Crippen molar-refractivity contribution in [2.45, 2.75) is 6.92 Å². The number of anilines is 2. The lowest BCUT2D eigenvalue weighted by Gasteiger charge is -2.08. The molecule has 0 aliphatic rings. The number of benzene rings is 2. The highest BCUT2D eigenvalue weighted by molar-refractivity contribution is 6.10. The van der Waals surface area contributed by atoms with Gasteiger partial charge in [-0.05, 0) is 48.9 Å². The van der Waals surface area contributed by atoms with E-state index in [-0.39, 0.29) is 17.0 Å². The van der Waals surface area contributed by atoms with Crippen molar-refractivity contribution in [2.24, 2.45) is 0 Å². The predicted molar refractivity (Wildman–Crippen MR) is 105 cm³/mol. The normalized spacial score (nSPS) is 10.3. The van der Waals surface area contributed by atoms with Crippen LogP contribution in [0, 0.1) is 12.7 Å². The molecule has 29 heavy (non-hydrogen) atoms. The molecule has 0 bridgehead atoms. The van der Waals surface area contributed by atoms with Gasteiger partial charge in [0.1, 0.15) is 11.5 Å². The number of halogens is 1. The van der Waals surface area contributed by atoms with Crippen molar-refractivity contribution in [1.29, 1.82) is 0 Å². The molecule has 1 heterocycles. The summed E-state index contributed by atoms with van der Waals surface area (Å²) in [6.07, 6.45) is 1.26. The van der Waals surface area contributed by atoms with Crippen LogP contribution in [-0.4, -0.2) is 34.7 Å². The van der Waals surface area contributed by atoms with Gasteiger partial charge in [-0.2, -0.15) is 0 Å². The number of nitrogens with one attached hydrogen (secondary N) is 4. The van der Waals surface area contributed by atoms with Crippen LogP contribution in [-0.2, 0) is 0 Å². The van der Waals surface area contributed by atoms with Crippen LogP contribution in [0.5, 0.6) is 0 Å². The van der Waals surface area contributed by atoms with Gasteiger partial charge in [0.05, 0.1) is 6.33 Å². The summed E-state index contributed by atoms with van der Waals surface area (Å²) < 4.78 is 13.6. The highest BCUT2D eigenvalue weighted by Gasteiger charge is 2.19. The first-order valence-corrected chi connectivity index (χ1v) is 8.63. The molecule has 4 N–H and O–H groups in total.